The van der Waals surface area contributed by atoms with Crippen LogP contribution in [0, 0.1) is 18.1 Å². The molecule has 0 fully saturated rings. The Balaban J connectivity index is 2.80. The fourth-order valence-corrected chi connectivity index (χ4v) is 1.58. The first kappa shape index (κ1) is 9.63. The molecule has 66 valence electrons. The van der Waals surface area contributed by atoms with E-state index < -0.39 is 10.0 Å². The fraction of sp³-hybridized carbons (Fsp3) is 0.444. The minimum atomic E-state index is -0.710. The Morgan fingerprint density at radius 1 is 1.42 bits per heavy atom. The van der Waals surface area contributed by atoms with E-state index in [2.05, 4.69) is 34.9 Å². The highest BCUT2D eigenvalue weighted by atomic mass is 32.3. The van der Waals surface area contributed by atoms with Crippen molar-refractivity contribution >= 4 is 21.4 Å². The minimum Gasteiger partial charge on any atom is -0.233 e. The van der Waals surface area contributed by atoms with Gasteiger partial charge in [-0.3, -0.25) is 0 Å². The second-order valence-corrected chi connectivity index (χ2v) is 8.26. The maximum Gasteiger partial charge on any atom is 0.125 e. The topological polar surface area (TPSA) is 12.9 Å². The van der Waals surface area contributed by atoms with Gasteiger partial charge in [-0.15, -0.1) is 11.3 Å². The van der Waals surface area contributed by atoms with Crippen LogP contribution < -0.4 is 0 Å². The van der Waals surface area contributed by atoms with Crippen LogP contribution in [0.5, 0.6) is 0 Å². The largest absolute Gasteiger partial charge is 0.233 e. The highest BCUT2D eigenvalue weighted by molar-refractivity contribution is 8.35. The van der Waals surface area contributed by atoms with Gasteiger partial charge in [-0.1, -0.05) is 0 Å². The standard InChI is InChI=1S/C9H13NS2/c1-8-10-9(7-11-8)5-6-12(2,3)4/h7H,1-4H3. The van der Waals surface area contributed by atoms with Crippen molar-refractivity contribution in [2.24, 2.45) is 0 Å². The third kappa shape index (κ3) is 3.29. The summed E-state index contributed by atoms with van der Waals surface area (Å²) in [6, 6.07) is 0. The summed E-state index contributed by atoms with van der Waals surface area (Å²) in [5.41, 5.74) is 0.917. The zero-order valence-corrected chi connectivity index (χ0v) is 9.47. The Kier molecular flexibility index (Phi) is 2.81. The van der Waals surface area contributed by atoms with Crippen LogP contribution in [0.2, 0.25) is 0 Å². The lowest BCUT2D eigenvalue weighted by molar-refractivity contribution is 1.27. The van der Waals surface area contributed by atoms with Crippen molar-refractivity contribution in [2.75, 3.05) is 18.8 Å². The molecule has 1 rings (SSSR count). The summed E-state index contributed by atoms with van der Waals surface area (Å²) in [5.74, 6) is 3.09. The van der Waals surface area contributed by atoms with Gasteiger partial charge in [0.15, 0.2) is 0 Å². The Labute approximate surface area is 79.5 Å². The number of hydrogen-bond donors (Lipinski definition) is 0. The highest BCUT2D eigenvalue weighted by Gasteiger charge is 1.97. The van der Waals surface area contributed by atoms with Crippen molar-refractivity contribution in [3.05, 3.63) is 16.1 Å². The van der Waals surface area contributed by atoms with Gasteiger partial charge in [0.1, 0.15) is 5.69 Å². The van der Waals surface area contributed by atoms with E-state index >= 15 is 0 Å². The van der Waals surface area contributed by atoms with Gasteiger partial charge in [-0.2, -0.15) is 10.0 Å². The molecule has 0 amide bonds. The molecule has 1 nitrogen and oxygen atoms in total. The number of hydrogen-bond acceptors (Lipinski definition) is 2. The van der Waals surface area contributed by atoms with Gasteiger partial charge >= 0.3 is 0 Å². The molecule has 3 heteroatoms. The second kappa shape index (κ2) is 3.51. The fourth-order valence-electron chi connectivity index (χ4n) is 0.626. The quantitative estimate of drug-likeness (QED) is 0.585. The average molecular weight is 199 g/mol. The van der Waals surface area contributed by atoms with E-state index in [4.69, 9.17) is 0 Å². The molecular weight excluding hydrogens is 186 g/mol. The summed E-state index contributed by atoms with van der Waals surface area (Å²) in [6.07, 6.45) is 6.54. The van der Waals surface area contributed by atoms with E-state index in [-0.39, 0.29) is 0 Å². The van der Waals surface area contributed by atoms with Crippen LogP contribution in [-0.2, 0) is 0 Å². The Hall–Kier alpha value is -0.460. The van der Waals surface area contributed by atoms with E-state index in [0.717, 1.165) is 10.7 Å². The lowest BCUT2D eigenvalue weighted by atomic mass is 10.5. The summed E-state index contributed by atoms with van der Waals surface area (Å²) in [5, 5.41) is 6.32. The van der Waals surface area contributed by atoms with E-state index in [9.17, 15) is 0 Å². The number of aryl methyl sites for hydroxylation is 1. The van der Waals surface area contributed by atoms with E-state index in [1.54, 1.807) is 11.3 Å². The third-order valence-electron chi connectivity index (χ3n) is 1.10. The Bertz CT molecular complexity index is 322. The predicted molar refractivity (Wildman–Crippen MR) is 59.1 cm³/mol. The Morgan fingerprint density at radius 3 is 2.50 bits per heavy atom. The molecule has 1 aromatic heterocycles. The van der Waals surface area contributed by atoms with Crippen molar-refractivity contribution in [2.45, 2.75) is 6.92 Å². The SMILES string of the molecule is Cc1nc(C#CS(C)(C)C)cs1. The molecule has 12 heavy (non-hydrogen) atoms. The van der Waals surface area contributed by atoms with E-state index in [0.29, 0.717) is 0 Å². The molecule has 0 bridgehead atoms. The minimum absolute atomic E-state index is 0.710. The summed E-state index contributed by atoms with van der Waals surface area (Å²) in [7, 11) is -0.710. The number of thiazole rings is 1. The van der Waals surface area contributed by atoms with E-state index in [1.807, 2.05) is 12.3 Å². The molecule has 0 aliphatic rings. The van der Waals surface area contributed by atoms with Crippen LogP contribution in [0.4, 0.5) is 0 Å². The normalized spacial score (nSPS) is 12.0. The maximum absolute atomic E-state index is 4.27. The zero-order valence-electron chi connectivity index (χ0n) is 7.84. The zero-order chi connectivity index (χ0) is 9.19. The summed E-state index contributed by atoms with van der Waals surface area (Å²) < 4.78 is 0. The predicted octanol–water partition coefficient (Wildman–Crippen LogP) is 2.45. The molecule has 1 aromatic rings. The molecule has 0 aromatic carbocycles. The van der Waals surface area contributed by atoms with Gasteiger partial charge in [-0.25, -0.2) is 4.98 Å². The monoisotopic (exact) mass is 199 g/mol. The van der Waals surface area contributed by atoms with Gasteiger partial charge in [0.2, 0.25) is 0 Å². The van der Waals surface area contributed by atoms with Crippen molar-refractivity contribution in [1.29, 1.82) is 0 Å². The molecule has 0 spiro atoms. The first-order chi connectivity index (χ1) is 5.47. The van der Waals surface area contributed by atoms with Gasteiger partial charge in [-0.05, 0) is 36.9 Å². The first-order valence-corrected chi connectivity index (χ1v) is 7.34. The lowest BCUT2D eigenvalue weighted by Gasteiger charge is -2.14. The molecule has 1 heterocycles. The number of aromatic nitrogens is 1. The van der Waals surface area contributed by atoms with Crippen LogP contribution in [0.15, 0.2) is 5.38 Å². The van der Waals surface area contributed by atoms with Crippen LogP contribution in [-0.4, -0.2) is 23.8 Å². The third-order valence-corrected chi connectivity index (χ3v) is 2.59. The molecule has 0 aliphatic carbocycles. The molecule has 0 atom stereocenters. The molecule has 0 aliphatic heterocycles. The maximum atomic E-state index is 4.27. The second-order valence-electron chi connectivity index (χ2n) is 3.32. The molecule has 0 saturated heterocycles. The number of nitrogens with zero attached hydrogens (tertiary/aromatic N) is 1. The summed E-state index contributed by atoms with van der Waals surface area (Å²) in [6.45, 7) is 2.00. The van der Waals surface area contributed by atoms with Crippen LogP contribution in [0.3, 0.4) is 0 Å². The Morgan fingerprint density at radius 2 is 2.08 bits per heavy atom. The van der Waals surface area contributed by atoms with Crippen molar-refractivity contribution in [3.63, 3.8) is 0 Å². The molecule has 0 N–H and O–H groups in total. The number of rotatable bonds is 0. The van der Waals surface area contributed by atoms with Crippen LogP contribution in [0.1, 0.15) is 10.7 Å². The van der Waals surface area contributed by atoms with Gasteiger partial charge < -0.3 is 0 Å². The van der Waals surface area contributed by atoms with Gasteiger partial charge in [0.05, 0.1) is 5.01 Å². The highest BCUT2D eigenvalue weighted by Crippen LogP contribution is 2.32. The van der Waals surface area contributed by atoms with Crippen molar-refractivity contribution < 1.29 is 0 Å². The van der Waals surface area contributed by atoms with Crippen LogP contribution in [0.25, 0.3) is 0 Å². The molecule has 0 saturated carbocycles. The van der Waals surface area contributed by atoms with Gasteiger partial charge in [0, 0.05) is 5.38 Å². The van der Waals surface area contributed by atoms with Gasteiger partial charge in [0.25, 0.3) is 0 Å². The molecule has 0 unspecified atom stereocenters. The van der Waals surface area contributed by atoms with Crippen molar-refractivity contribution in [1.82, 2.24) is 4.98 Å². The van der Waals surface area contributed by atoms with Crippen LogP contribution >= 0.6 is 21.4 Å². The molecule has 0 radical (unpaired) electrons. The summed E-state index contributed by atoms with van der Waals surface area (Å²) in [4.78, 5) is 4.27. The van der Waals surface area contributed by atoms with Crippen molar-refractivity contribution in [3.8, 4) is 11.2 Å². The smallest absolute Gasteiger partial charge is 0.125 e. The van der Waals surface area contributed by atoms with E-state index in [1.165, 1.54) is 0 Å². The first-order valence-electron chi connectivity index (χ1n) is 3.60. The molecular formula is C9H13NS2. The summed E-state index contributed by atoms with van der Waals surface area (Å²) >= 11 is 1.65. The average Bonchev–Trinajstić information content (AvgIpc) is 2.30. The lowest BCUT2D eigenvalue weighted by Crippen LogP contribution is -1.85.